The van der Waals surface area contributed by atoms with Crippen LogP contribution >= 0.6 is 15.9 Å². The summed E-state index contributed by atoms with van der Waals surface area (Å²) in [6.07, 6.45) is 0. The van der Waals surface area contributed by atoms with Gasteiger partial charge in [0.15, 0.2) is 0 Å². The fourth-order valence-corrected chi connectivity index (χ4v) is 2.24. The summed E-state index contributed by atoms with van der Waals surface area (Å²) in [6, 6.07) is 8.48. The van der Waals surface area contributed by atoms with Gasteiger partial charge in [0.1, 0.15) is 5.69 Å². The number of nitro benzene ring substituents is 1. The molecule has 0 fully saturated rings. The third-order valence-corrected chi connectivity index (χ3v) is 3.25. The van der Waals surface area contributed by atoms with E-state index in [0.717, 1.165) is 6.07 Å². The lowest BCUT2D eigenvalue weighted by atomic mass is 10.2. The van der Waals surface area contributed by atoms with Gasteiger partial charge < -0.3 is 10.1 Å². The van der Waals surface area contributed by atoms with E-state index in [9.17, 15) is 19.3 Å². The molecule has 2 rings (SSSR count). The predicted octanol–water partition coefficient (Wildman–Crippen LogP) is 4.03. The second kappa shape index (κ2) is 6.52. The Labute approximate surface area is 133 Å². The zero-order chi connectivity index (χ0) is 16.3. The molecule has 0 saturated heterocycles. The summed E-state index contributed by atoms with van der Waals surface area (Å²) >= 11 is 3.09. The molecule has 114 valence electrons. The van der Waals surface area contributed by atoms with Gasteiger partial charge >= 0.3 is 11.7 Å². The van der Waals surface area contributed by atoms with Gasteiger partial charge in [0.2, 0.25) is 5.82 Å². The quantitative estimate of drug-likeness (QED) is 0.500. The van der Waals surface area contributed by atoms with Gasteiger partial charge in [-0.05, 0) is 36.4 Å². The molecule has 8 heteroatoms. The molecule has 22 heavy (non-hydrogen) atoms. The van der Waals surface area contributed by atoms with Crippen LogP contribution in [0.3, 0.4) is 0 Å². The maximum absolute atomic E-state index is 13.7. The van der Waals surface area contributed by atoms with Gasteiger partial charge in [-0.1, -0.05) is 15.9 Å². The largest absolute Gasteiger partial charge is 0.465 e. The van der Waals surface area contributed by atoms with Crippen LogP contribution in [-0.4, -0.2) is 18.0 Å². The van der Waals surface area contributed by atoms with Crippen molar-refractivity contribution in [2.75, 3.05) is 12.4 Å². The van der Waals surface area contributed by atoms with Crippen molar-refractivity contribution in [1.29, 1.82) is 0 Å². The lowest BCUT2D eigenvalue weighted by molar-refractivity contribution is -0.386. The average molecular weight is 369 g/mol. The minimum atomic E-state index is -0.951. The molecule has 0 amide bonds. The first-order valence-corrected chi connectivity index (χ1v) is 6.80. The molecule has 0 unspecified atom stereocenters. The summed E-state index contributed by atoms with van der Waals surface area (Å²) in [5, 5.41) is 13.7. The number of halogens is 2. The molecule has 6 nitrogen and oxygen atoms in total. The summed E-state index contributed by atoms with van der Waals surface area (Å²) in [6.45, 7) is 0. The number of carbonyl (C=O) groups is 1. The number of rotatable bonds is 4. The Balaban J connectivity index is 2.35. The van der Waals surface area contributed by atoms with Crippen LogP contribution in [0.1, 0.15) is 10.4 Å². The van der Waals surface area contributed by atoms with Crippen molar-refractivity contribution in [2.24, 2.45) is 0 Å². The van der Waals surface area contributed by atoms with Gasteiger partial charge in [-0.15, -0.1) is 0 Å². The monoisotopic (exact) mass is 368 g/mol. The summed E-state index contributed by atoms with van der Waals surface area (Å²) in [7, 11) is 1.27. The van der Waals surface area contributed by atoms with Crippen LogP contribution < -0.4 is 5.32 Å². The van der Waals surface area contributed by atoms with Gasteiger partial charge in [-0.25, -0.2) is 4.79 Å². The molecule has 0 atom stereocenters. The SMILES string of the molecule is COC(=O)c1ccc(Nc2cc(Br)cc(F)c2[N+](=O)[O-])cc1. The number of nitrogens with one attached hydrogen (secondary N) is 1. The van der Waals surface area contributed by atoms with Crippen molar-refractivity contribution in [1.82, 2.24) is 0 Å². The lowest BCUT2D eigenvalue weighted by Gasteiger charge is -2.09. The number of anilines is 2. The highest BCUT2D eigenvalue weighted by molar-refractivity contribution is 9.10. The fraction of sp³-hybridized carbons (Fsp3) is 0.0714. The molecule has 0 aliphatic carbocycles. The number of esters is 1. The second-order valence-corrected chi connectivity index (χ2v) is 5.15. The maximum Gasteiger partial charge on any atom is 0.337 e. The van der Waals surface area contributed by atoms with E-state index in [4.69, 9.17) is 0 Å². The molecule has 0 spiro atoms. The molecule has 0 aromatic heterocycles. The van der Waals surface area contributed by atoms with E-state index in [1.807, 2.05) is 0 Å². The Bertz CT molecular complexity index is 734. The normalized spacial score (nSPS) is 10.1. The first-order chi connectivity index (χ1) is 10.4. The summed E-state index contributed by atoms with van der Waals surface area (Å²) < 4.78 is 18.6. The Hall–Kier alpha value is -2.48. The highest BCUT2D eigenvalue weighted by atomic mass is 79.9. The number of carbonyl (C=O) groups excluding carboxylic acids is 1. The molecular weight excluding hydrogens is 359 g/mol. The van der Waals surface area contributed by atoms with Crippen molar-refractivity contribution in [2.45, 2.75) is 0 Å². The minimum Gasteiger partial charge on any atom is -0.465 e. The smallest absolute Gasteiger partial charge is 0.337 e. The predicted molar refractivity (Wildman–Crippen MR) is 81.8 cm³/mol. The van der Waals surface area contributed by atoms with Crippen molar-refractivity contribution < 1.29 is 18.8 Å². The number of methoxy groups -OCH3 is 1. The van der Waals surface area contributed by atoms with Crippen LogP contribution in [0.4, 0.5) is 21.5 Å². The highest BCUT2D eigenvalue weighted by Crippen LogP contribution is 2.33. The third kappa shape index (κ3) is 3.40. The minimum absolute atomic E-state index is 0.00249. The standard InChI is InChI=1S/C14H10BrFN2O4/c1-22-14(19)8-2-4-10(5-3-8)17-12-7-9(15)6-11(16)13(12)18(20)21/h2-7,17H,1H3. The van der Waals surface area contributed by atoms with E-state index in [2.05, 4.69) is 26.0 Å². The molecule has 1 N–H and O–H groups in total. The third-order valence-electron chi connectivity index (χ3n) is 2.80. The van der Waals surface area contributed by atoms with Crippen LogP contribution in [-0.2, 0) is 4.74 Å². The second-order valence-electron chi connectivity index (χ2n) is 4.23. The molecule has 2 aromatic carbocycles. The van der Waals surface area contributed by atoms with E-state index in [-0.39, 0.29) is 5.69 Å². The van der Waals surface area contributed by atoms with E-state index in [0.29, 0.717) is 15.7 Å². The van der Waals surface area contributed by atoms with Crippen LogP contribution in [0.25, 0.3) is 0 Å². The van der Waals surface area contributed by atoms with Gasteiger partial charge in [-0.3, -0.25) is 10.1 Å². The summed E-state index contributed by atoms with van der Waals surface area (Å²) in [5.74, 6) is -1.45. The first kappa shape index (κ1) is 15.9. The zero-order valence-electron chi connectivity index (χ0n) is 11.3. The summed E-state index contributed by atoms with van der Waals surface area (Å²) in [5.41, 5.74) is 0.152. The molecule has 2 aromatic rings. The molecule has 0 aliphatic heterocycles. The van der Waals surface area contributed by atoms with Crippen LogP contribution in [0.15, 0.2) is 40.9 Å². The number of nitrogens with zero attached hydrogens (tertiary/aromatic N) is 1. The molecule has 0 radical (unpaired) electrons. The number of hydrogen-bond donors (Lipinski definition) is 1. The first-order valence-electron chi connectivity index (χ1n) is 6.01. The number of ether oxygens (including phenoxy) is 1. The maximum atomic E-state index is 13.7. The van der Waals surface area contributed by atoms with Crippen molar-refractivity contribution >= 4 is 39.0 Å². The number of benzene rings is 2. The lowest BCUT2D eigenvalue weighted by Crippen LogP contribution is -2.02. The molecule has 0 aliphatic rings. The Kier molecular flexibility index (Phi) is 4.71. The summed E-state index contributed by atoms with van der Waals surface area (Å²) in [4.78, 5) is 21.5. The Morgan fingerprint density at radius 3 is 2.50 bits per heavy atom. The van der Waals surface area contributed by atoms with Crippen LogP contribution in [0.2, 0.25) is 0 Å². The topological polar surface area (TPSA) is 81.5 Å². The molecule has 0 heterocycles. The zero-order valence-corrected chi connectivity index (χ0v) is 12.9. The van der Waals surface area contributed by atoms with Crippen LogP contribution in [0, 0.1) is 15.9 Å². The van der Waals surface area contributed by atoms with E-state index in [1.165, 1.54) is 37.4 Å². The van der Waals surface area contributed by atoms with Gasteiger partial charge in [0.05, 0.1) is 17.6 Å². The van der Waals surface area contributed by atoms with Crippen molar-refractivity contribution in [3.8, 4) is 0 Å². The van der Waals surface area contributed by atoms with E-state index >= 15 is 0 Å². The van der Waals surface area contributed by atoms with Crippen molar-refractivity contribution in [3.05, 3.63) is 62.4 Å². The highest BCUT2D eigenvalue weighted by Gasteiger charge is 2.21. The molecule has 0 saturated carbocycles. The number of nitro groups is 1. The van der Waals surface area contributed by atoms with Crippen molar-refractivity contribution in [3.63, 3.8) is 0 Å². The van der Waals surface area contributed by atoms with E-state index in [1.54, 1.807) is 0 Å². The molecule has 0 bridgehead atoms. The number of hydrogen-bond acceptors (Lipinski definition) is 5. The van der Waals surface area contributed by atoms with Gasteiger partial charge in [-0.2, -0.15) is 4.39 Å². The van der Waals surface area contributed by atoms with Gasteiger partial charge in [0, 0.05) is 10.2 Å². The molecular formula is C14H10BrFN2O4. The Morgan fingerprint density at radius 1 is 1.32 bits per heavy atom. The fourth-order valence-electron chi connectivity index (χ4n) is 1.81. The van der Waals surface area contributed by atoms with Crippen LogP contribution in [0.5, 0.6) is 0 Å². The Morgan fingerprint density at radius 2 is 1.95 bits per heavy atom. The average Bonchev–Trinajstić information content (AvgIpc) is 2.46. The van der Waals surface area contributed by atoms with E-state index < -0.39 is 22.4 Å². The van der Waals surface area contributed by atoms with Gasteiger partial charge in [0.25, 0.3) is 0 Å².